The van der Waals surface area contributed by atoms with Crippen molar-refractivity contribution in [1.29, 1.82) is 0 Å². The van der Waals surface area contributed by atoms with Crippen LogP contribution in [0.2, 0.25) is 0 Å². The number of alkyl halides is 3. The number of esters is 1. The Balaban J connectivity index is 1.44. The number of Topliss-reactive ketones (excluding diaryl/α,β-unsaturated/α-hetero) is 3. The van der Waals surface area contributed by atoms with Crippen molar-refractivity contribution in [2.45, 2.75) is 173 Å². The molecule has 1 aliphatic carbocycles. The van der Waals surface area contributed by atoms with Crippen LogP contribution in [0.15, 0.2) is 41.5 Å². The minimum atomic E-state index is -4.86. The first kappa shape index (κ1) is 57.0. The lowest BCUT2D eigenvalue weighted by Crippen LogP contribution is -2.64. The molecule has 14 unspecified atom stereocenters. The molecule has 14 nitrogen and oxygen atoms in total. The molecule has 70 heavy (non-hydrogen) atoms. The molecule has 2 N–H and O–H groups in total. The zero-order valence-corrected chi connectivity index (χ0v) is 41.9. The van der Waals surface area contributed by atoms with E-state index >= 15 is 0 Å². The summed E-state index contributed by atoms with van der Waals surface area (Å²) in [6.07, 6.45) is -3.25. The number of fused-ring (bicyclic) bond motifs is 3. The maximum Gasteiger partial charge on any atom is 0.416 e. The molecule has 2 saturated heterocycles. The molecule has 3 heterocycles. The first-order chi connectivity index (χ1) is 32.9. The molecular weight excluding hydrogens is 923 g/mol. The Bertz CT molecular complexity index is 2080. The number of carbonyl (C=O) groups is 5. The highest BCUT2D eigenvalue weighted by Crippen LogP contribution is 2.40. The van der Waals surface area contributed by atoms with Gasteiger partial charge in [0.15, 0.2) is 5.78 Å². The molecule has 0 radical (unpaired) electrons. The number of methoxy groups -OCH3 is 3. The van der Waals surface area contributed by atoms with E-state index in [2.05, 4.69) is 0 Å². The number of halogens is 4. The van der Waals surface area contributed by atoms with Gasteiger partial charge in [-0.2, -0.15) is 13.2 Å². The average molecular weight is 996 g/mol. The summed E-state index contributed by atoms with van der Waals surface area (Å²) in [6, 6.07) is 0.374. The van der Waals surface area contributed by atoms with E-state index in [0.29, 0.717) is 69.1 Å². The van der Waals surface area contributed by atoms with Crippen molar-refractivity contribution in [1.82, 2.24) is 4.90 Å². The Morgan fingerprint density at radius 2 is 1.59 bits per heavy atom. The van der Waals surface area contributed by atoms with Crippen LogP contribution in [-0.2, 0) is 53.8 Å². The van der Waals surface area contributed by atoms with Crippen molar-refractivity contribution in [3.05, 3.63) is 58.4 Å². The Morgan fingerprint density at radius 1 is 0.914 bits per heavy atom. The lowest BCUT2D eigenvalue weighted by Gasteiger charge is -2.47. The first-order valence-corrected chi connectivity index (χ1v) is 24.6. The van der Waals surface area contributed by atoms with E-state index in [1.807, 2.05) is 32.9 Å². The fraction of sp³-hybridized carbons (Fsp3) is 0.712. The molecule has 392 valence electrons. The van der Waals surface area contributed by atoms with Gasteiger partial charge in [-0.3, -0.25) is 19.2 Å². The second kappa shape index (κ2) is 24.7. The van der Waals surface area contributed by atoms with Crippen molar-refractivity contribution in [2.24, 2.45) is 29.6 Å². The van der Waals surface area contributed by atoms with Crippen molar-refractivity contribution >= 4 is 29.2 Å². The fourth-order valence-electron chi connectivity index (χ4n) is 10.7. The molecule has 1 aromatic rings. The third-order valence-corrected chi connectivity index (χ3v) is 14.8. The van der Waals surface area contributed by atoms with Crippen molar-refractivity contribution in [3.63, 3.8) is 0 Å². The summed E-state index contributed by atoms with van der Waals surface area (Å²) in [5.74, 6) is -10.5. The topological polar surface area (TPSA) is 184 Å². The smallest absolute Gasteiger partial charge is 0.416 e. The van der Waals surface area contributed by atoms with Gasteiger partial charge in [0.2, 0.25) is 5.79 Å². The van der Waals surface area contributed by atoms with E-state index in [1.165, 1.54) is 21.3 Å². The second-order valence-electron chi connectivity index (χ2n) is 20.1. The number of aliphatic hydroxyl groups excluding tert-OH is 1. The van der Waals surface area contributed by atoms with E-state index in [-0.39, 0.29) is 43.4 Å². The maximum absolute atomic E-state index is 14.5. The minimum Gasteiger partial charge on any atom is -0.456 e. The van der Waals surface area contributed by atoms with E-state index in [1.54, 1.807) is 20.8 Å². The number of hydrogen-bond donors (Lipinski definition) is 2. The molecule has 3 fully saturated rings. The van der Waals surface area contributed by atoms with Gasteiger partial charge in [-0.25, -0.2) is 9.18 Å². The number of rotatable bonds is 10. The normalized spacial score (nSPS) is 35.1. The van der Waals surface area contributed by atoms with Gasteiger partial charge in [0.05, 0.1) is 36.1 Å². The number of nitrogens with zero attached hydrogens (tertiary/aromatic N) is 1. The van der Waals surface area contributed by atoms with Gasteiger partial charge in [0.1, 0.15) is 36.5 Å². The second-order valence-corrected chi connectivity index (χ2v) is 20.1. The third kappa shape index (κ3) is 13.8. The number of ether oxygens (including phenoxy) is 6. The molecule has 1 amide bonds. The standard InChI is InChI=1S/C52H73F4NO13/c1-10-34-18-28(2)17-29(3)19-44(66-8)47-45(67-9)21-31(5)51(64,70-47)48(61)49(62)57-16-12-11-13-38(57)50(63)69-46(32(6)39(58)26-40(34)59)30(4)20-33-14-15-42(43(22-33)65-7)68-27-41(60)35-23-36(52(54,55)56)25-37(53)24-35/h18,20,23-25,29,31-34,38-39,42-47,58,64H,10-17,19,21-22,26-27H2,1-9H3. The van der Waals surface area contributed by atoms with Crippen LogP contribution >= 0.6 is 0 Å². The van der Waals surface area contributed by atoms with E-state index in [0.717, 1.165) is 16.5 Å². The largest absolute Gasteiger partial charge is 0.456 e. The number of hydrogen-bond acceptors (Lipinski definition) is 13. The molecule has 3 aliphatic heterocycles. The summed E-state index contributed by atoms with van der Waals surface area (Å²) >= 11 is 0. The predicted octanol–water partition coefficient (Wildman–Crippen LogP) is 7.54. The number of ketones is 3. The summed E-state index contributed by atoms with van der Waals surface area (Å²) in [7, 11) is 4.45. The number of piperidine rings is 1. The van der Waals surface area contributed by atoms with Gasteiger partial charge in [0, 0.05) is 57.6 Å². The fourth-order valence-corrected chi connectivity index (χ4v) is 10.7. The molecule has 1 aromatic carbocycles. The molecule has 4 aliphatic rings. The average Bonchev–Trinajstić information content (AvgIpc) is 3.32. The maximum atomic E-state index is 14.5. The zero-order chi connectivity index (χ0) is 51.8. The van der Waals surface area contributed by atoms with Crippen LogP contribution in [0.5, 0.6) is 0 Å². The quantitative estimate of drug-likeness (QED) is 0.0772. The Hall–Kier alpha value is -3.91. The molecule has 14 atom stereocenters. The SMILES string of the molecule is CCC1C=C(C)CC(C)CC(OC)C2OC(O)(C(=O)C(=O)N3CCCCC3C(=O)OC(C(C)=CC3CCC(OCC(=O)c4cc(F)cc(C(F)(F)F)c4)C(OC)C3)C(C)C(O)CC1=O)C(C)CC2OC. The van der Waals surface area contributed by atoms with Gasteiger partial charge in [0.25, 0.3) is 11.7 Å². The van der Waals surface area contributed by atoms with Crippen LogP contribution in [-0.4, -0.2) is 133 Å². The zero-order valence-electron chi connectivity index (χ0n) is 41.9. The summed E-state index contributed by atoms with van der Waals surface area (Å²) in [5, 5.41) is 23.9. The molecule has 1 saturated carbocycles. The number of carbonyl (C=O) groups excluding carboxylic acids is 5. The Morgan fingerprint density at radius 3 is 2.23 bits per heavy atom. The molecule has 18 heteroatoms. The van der Waals surface area contributed by atoms with E-state index < -0.39 is 125 Å². The third-order valence-electron chi connectivity index (χ3n) is 14.8. The summed E-state index contributed by atoms with van der Waals surface area (Å²) in [6.45, 7) is 10.2. The lowest BCUT2D eigenvalue weighted by atomic mass is 9.81. The van der Waals surface area contributed by atoms with Crippen LogP contribution in [0, 0.1) is 35.4 Å². The molecule has 0 spiro atoms. The van der Waals surface area contributed by atoms with Crippen LogP contribution in [0.4, 0.5) is 17.6 Å². The Kier molecular flexibility index (Phi) is 20.1. The van der Waals surface area contributed by atoms with Gasteiger partial charge in [-0.05, 0) is 114 Å². The lowest BCUT2D eigenvalue weighted by molar-refractivity contribution is -0.302. The minimum absolute atomic E-state index is 0.0141. The van der Waals surface area contributed by atoms with Gasteiger partial charge >= 0.3 is 12.1 Å². The molecule has 2 bridgehead atoms. The summed E-state index contributed by atoms with van der Waals surface area (Å²) in [4.78, 5) is 71.2. The highest BCUT2D eigenvalue weighted by molar-refractivity contribution is 6.39. The predicted molar refractivity (Wildman–Crippen MR) is 248 cm³/mol. The van der Waals surface area contributed by atoms with Crippen LogP contribution < -0.4 is 0 Å². The van der Waals surface area contributed by atoms with Gasteiger partial charge in [-0.1, -0.05) is 45.4 Å². The number of cyclic esters (lactones) is 1. The van der Waals surface area contributed by atoms with Crippen LogP contribution in [0.1, 0.15) is 128 Å². The summed E-state index contributed by atoms with van der Waals surface area (Å²) < 4.78 is 89.9. The number of allylic oxidation sites excluding steroid dienone is 3. The van der Waals surface area contributed by atoms with Crippen molar-refractivity contribution in [2.75, 3.05) is 34.5 Å². The number of benzene rings is 1. The van der Waals surface area contributed by atoms with Gasteiger partial charge < -0.3 is 43.5 Å². The first-order valence-electron chi connectivity index (χ1n) is 24.6. The van der Waals surface area contributed by atoms with Crippen LogP contribution in [0.3, 0.4) is 0 Å². The van der Waals surface area contributed by atoms with Crippen molar-refractivity contribution < 1.29 is 80.2 Å². The number of amides is 1. The molecule has 5 rings (SSSR count). The highest BCUT2D eigenvalue weighted by atomic mass is 19.4. The molecule has 0 aromatic heterocycles. The monoisotopic (exact) mass is 996 g/mol. The number of aliphatic hydroxyl groups is 2. The highest BCUT2D eigenvalue weighted by Gasteiger charge is 2.56. The van der Waals surface area contributed by atoms with Gasteiger partial charge in [-0.15, -0.1) is 0 Å². The Labute approximate surface area is 408 Å². The van der Waals surface area contributed by atoms with E-state index in [9.17, 15) is 51.7 Å². The summed E-state index contributed by atoms with van der Waals surface area (Å²) in [5.41, 5.74) is -0.313. The molecular formula is C52H73F4NO13. The van der Waals surface area contributed by atoms with E-state index in [4.69, 9.17) is 28.4 Å². The van der Waals surface area contributed by atoms with Crippen LogP contribution in [0.25, 0.3) is 0 Å². The van der Waals surface area contributed by atoms with Crippen molar-refractivity contribution in [3.8, 4) is 0 Å².